The van der Waals surface area contributed by atoms with Crippen molar-refractivity contribution < 1.29 is 0 Å². The topological polar surface area (TPSA) is 43.6 Å². The van der Waals surface area contributed by atoms with Gasteiger partial charge in [-0.05, 0) is 74.8 Å². The van der Waals surface area contributed by atoms with Crippen molar-refractivity contribution in [2.24, 2.45) is 0 Å². The maximum absolute atomic E-state index is 5.36. The van der Waals surface area contributed by atoms with Gasteiger partial charge < -0.3 is 4.57 Å². The molecule has 0 aliphatic heterocycles. The molecule has 12 rings (SSSR count). The highest BCUT2D eigenvalue weighted by Crippen LogP contribution is 2.57. The minimum atomic E-state index is -0.482. The summed E-state index contributed by atoms with van der Waals surface area (Å²) in [4.78, 5) is 15.8. The Labute approximate surface area is 348 Å². The maximum Gasteiger partial charge on any atom is 0.164 e. The SMILES string of the molecule is C1=CCC(n2c3ccccc3c3ccc(-c4nc(-c5ccccc5)nc(-c5cccc6cc7c(cc56)-c5ccccc5C7(c5ccccc5)c5ccccc5)n4)cc32)C=C1. The van der Waals surface area contributed by atoms with E-state index in [4.69, 9.17) is 15.0 Å². The van der Waals surface area contributed by atoms with Crippen molar-refractivity contribution >= 4 is 32.6 Å². The van der Waals surface area contributed by atoms with Gasteiger partial charge in [-0.25, -0.2) is 15.0 Å². The molecule has 60 heavy (non-hydrogen) atoms. The predicted octanol–water partition coefficient (Wildman–Crippen LogP) is 13.6. The van der Waals surface area contributed by atoms with Crippen molar-refractivity contribution in [3.63, 3.8) is 0 Å². The summed E-state index contributed by atoms with van der Waals surface area (Å²) in [7, 11) is 0. The van der Waals surface area contributed by atoms with Gasteiger partial charge in [0.2, 0.25) is 0 Å². The van der Waals surface area contributed by atoms with Crippen LogP contribution in [0.3, 0.4) is 0 Å². The second kappa shape index (κ2) is 13.7. The first kappa shape index (κ1) is 34.4. The monoisotopic (exact) mass is 766 g/mol. The third kappa shape index (κ3) is 5.20. The van der Waals surface area contributed by atoms with E-state index in [0.717, 1.165) is 33.9 Å². The number of para-hydroxylation sites is 1. The molecule has 0 radical (unpaired) electrons. The van der Waals surface area contributed by atoms with E-state index < -0.39 is 5.41 Å². The van der Waals surface area contributed by atoms with Gasteiger partial charge in [0.1, 0.15) is 0 Å². The number of aromatic nitrogens is 4. The summed E-state index contributed by atoms with van der Waals surface area (Å²) < 4.78 is 2.47. The van der Waals surface area contributed by atoms with Crippen LogP contribution in [0.2, 0.25) is 0 Å². The second-order valence-electron chi connectivity index (χ2n) is 15.9. The lowest BCUT2D eigenvalue weighted by Crippen LogP contribution is -2.28. The van der Waals surface area contributed by atoms with Crippen molar-refractivity contribution in [3.8, 4) is 45.3 Å². The number of allylic oxidation sites excluding steroid dienone is 4. The summed E-state index contributed by atoms with van der Waals surface area (Å²) in [5, 5.41) is 4.71. The molecule has 1 atom stereocenters. The average molecular weight is 767 g/mol. The predicted molar refractivity (Wildman–Crippen MR) is 246 cm³/mol. The zero-order valence-corrected chi connectivity index (χ0v) is 32.8. The third-order valence-corrected chi connectivity index (χ3v) is 12.6. The van der Waals surface area contributed by atoms with E-state index in [9.17, 15) is 0 Å². The number of rotatable bonds is 6. The van der Waals surface area contributed by atoms with Crippen LogP contribution >= 0.6 is 0 Å². The molecule has 0 amide bonds. The molecule has 10 aromatic rings. The fourth-order valence-corrected chi connectivity index (χ4v) is 10.0. The Morgan fingerprint density at radius 2 is 1.08 bits per heavy atom. The van der Waals surface area contributed by atoms with Gasteiger partial charge in [-0.3, -0.25) is 0 Å². The van der Waals surface area contributed by atoms with Crippen LogP contribution in [0.15, 0.2) is 212 Å². The van der Waals surface area contributed by atoms with Crippen LogP contribution in [-0.2, 0) is 5.41 Å². The smallest absolute Gasteiger partial charge is 0.164 e. The molecule has 0 saturated carbocycles. The van der Waals surface area contributed by atoms with E-state index in [1.807, 2.05) is 18.2 Å². The van der Waals surface area contributed by atoms with E-state index in [1.165, 1.54) is 55.2 Å². The fourth-order valence-electron chi connectivity index (χ4n) is 10.0. The Kier molecular flexibility index (Phi) is 7.85. The molecule has 0 spiro atoms. The average Bonchev–Trinajstić information content (AvgIpc) is 3.81. The Morgan fingerprint density at radius 3 is 1.85 bits per heavy atom. The van der Waals surface area contributed by atoms with Crippen LogP contribution in [0.1, 0.15) is 34.7 Å². The molecule has 4 heteroatoms. The van der Waals surface area contributed by atoms with E-state index in [-0.39, 0.29) is 6.04 Å². The van der Waals surface area contributed by atoms with Crippen LogP contribution in [-0.4, -0.2) is 19.5 Å². The van der Waals surface area contributed by atoms with Crippen molar-refractivity contribution in [3.05, 3.63) is 235 Å². The fraction of sp³-hybridized carbons (Fsp3) is 0.0536. The number of fused-ring (bicyclic) bond motifs is 7. The lowest BCUT2D eigenvalue weighted by molar-refractivity contribution is 0.648. The Balaban J connectivity index is 1.09. The Morgan fingerprint density at radius 1 is 0.433 bits per heavy atom. The first-order valence-electron chi connectivity index (χ1n) is 20.7. The van der Waals surface area contributed by atoms with Crippen LogP contribution in [0.5, 0.6) is 0 Å². The van der Waals surface area contributed by atoms with Crippen LogP contribution in [0, 0.1) is 0 Å². The molecular formula is C56H38N4. The molecule has 0 saturated heterocycles. The van der Waals surface area contributed by atoms with Gasteiger partial charge in [0.25, 0.3) is 0 Å². The standard InChI is InChI=1S/C56H38N4/c1-5-18-37(19-6-1)53-57-54(39-32-33-45-44-28-14-16-31-51(44)60(52(45)35-39)42-25-11-4-12-26-42)59-55(58-53)46-29-17-20-38-34-50-48(36-47(38)46)43-27-13-15-30-49(43)56(50,40-21-7-2-8-22-40)41-23-9-3-10-24-41/h1-25,27-36,42H,26H2. The molecule has 0 bridgehead atoms. The first-order chi connectivity index (χ1) is 29.8. The molecule has 0 fully saturated rings. The zero-order valence-electron chi connectivity index (χ0n) is 32.8. The van der Waals surface area contributed by atoms with E-state index >= 15 is 0 Å². The summed E-state index contributed by atoms with van der Waals surface area (Å²) in [6.45, 7) is 0. The maximum atomic E-state index is 5.36. The second-order valence-corrected chi connectivity index (χ2v) is 15.9. The van der Waals surface area contributed by atoms with Gasteiger partial charge in [0.15, 0.2) is 17.5 Å². The molecule has 2 aliphatic rings. The van der Waals surface area contributed by atoms with Gasteiger partial charge in [0, 0.05) is 33.0 Å². The highest BCUT2D eigenvalue weighted by Gasteiger charge is 2.46. The summed E-state index contributed by atoms with van der Waals surface area (Å²) >= 11 is 0. The highest BCUT2D eigenvalue weighted by atomic mass is 15.0. The van der Waals surface area contributed by atoms with Crippen molar-refractivity contribution in [2.75, 3.05) is 0 Å². The van der Waals surface area contributed by atoms with Gasteiger partial charge in [-0.1, -0.05) is 188 Å². The molecule has 2 heterocycles. The minimum absolute atomic E-state index is 0.214. The molecule has 8 aromatic carbocycles. The number of hydrogen-bond acceptors (Lipinski definition) is 3. The van der Waals surface area contributed by atoms with Gasteiger partial charge in [-0.15, -0.1) is 0 Å². The van der Waals surface area contributed by atoms with Gasteiger partial charge in [-0.2, -0.15) is 0 Å². The first-order valence-corrected chi connectivity index (χ1v) is 20.7. The molecule has 282 valence electrons. The number of nitrogens with zero attached hydrogens (tertiary/aromatic N) is 4. The molecular weight excluding hydrogens is 729 g/mol. The molecule has 2 aliphatic carbocycles. The van der Waals surface area contributed by atoms with Crippen molar-refractivity contribution in [2.45, 2.75) is 17.9 Å². The van der Waals surface area contributed by atoms with Gasteiger partial charge >= 0.3 is 0 Å². The van der Waals surface area contributed by atoms with Crippen LogP contribution in [0.25, 0.3) is 77.9 Å². The molecule has 1 unspecified atom stereocenters. The Bertz CT molecular complexity index is 3300. The van der Waals surface area contributed by atoms with E-state index in [1.54, 1.807) is 0 Å². The molecule has 0 N–H and O–H groups in total. The molecule has 2 aromatic heterocycles. The third-order valence-electron chi connectivity index (χ3n) is 12.6. The Hall–Kier alpha value is -7.69. The quantitative estimate of drug-likeness (QED) is 0.169. The molecule has 4 nitrogen and oxygen atoms in total. The lowest BCUT2D eigenvalue weighted by atomic mass is 9.67. The largest absolute Gasteiger partial charge is 0.333 e. The van der Waals surface area contributed by atoms with Crippen molar-refractivity contribution in [1.29, 1.82) is 0 Å². The van der Waals surface area contributed by atoms with Crippen molar-refractivity contribution in [1.82, 2.24) is 19.5 Å². The van der Waals surface area contributed by atoms with E-state index in [0.29, 0.717) is 17.5 Å². The summed E-state index contributed by atoms with van der Waals surface area (Å²) in [6, 6.07) is 68.1. The summed E-state index contributed by atoms with van der Waals surface area (Å²) in [5.74, 6) is 1.94. The summed E-state index contributed by atoms with van der Waals surface area (Å²) in [6.07, 6.45) is 9.78. The summed E-state index contributed by atoms with van der Waals surface area (Å²) in [5.41, 5.74) is 12.3. The number of benzene rings is 8. The lowest BCUT2D eigenvalue weighted by Gasteiger charge is -2.34. The number of hydrogen-bond donors (Lipinski definition) is 0. The zero-order chi connectivity index (χ0) is 39.6. The minimum Gasteiger partial charge on any atom is -0.333 e. The highest BCUT2D eigenvalue weighted by molar-refractivity contribution is 6.09. The van der Waals surface area contributed by atoms with Crippen LogP contribution < -0.4 is 0 Å². The van der Waals surface area contributed by atoms with Crippen LogP contribution in [0.4, 0.5) is 0 Å². The van der Waals surface area contributed by atoms with E-state index in [2.05, 4.69) is 199 Å². The normalized spacial score (nSPS) is 15.1. The van der Waals surface area contributed by atoms with Gasteiger partial charge in [0.05, 0.1) is 17.0 Å².